The summed E-state index contributed by atoms with van der Waals surface area (Å²) in [5.41, 5.74) is 2.87. The molecule has 1 fully saturated rings. The molecule has 1 saturated carbocycles. The fraction of sp³-hybridized carbons (Fsp3) is 0.400. The zero-order valence-electron chi connectivity index (χ0n) is 18.2. The topological polar surface area (TPSA) is 50.8 Å². The van der Waals surface area contributed by atoms with Crippen molar-refractivity contribution in [2.45, 2.75) is 44.7 Å². The molecule has 0 radical (unpaired) electrons. The molecule has 0 atom stereocenters. The number of amides is 1. The molecule has 5 nitrogen and oxygen atoms in total. The van der Waals surface area contributed by atoms with E-state index in [9.17, 15) is 4.79 Å². The SMILES string of the molecule is COc1ccc(/C=C/C(=O)Nc2ccccc2CN(C)C2CCCCC2)cc1OC. The number of hydrogen-bond acceptors (Lipinski definition) is 4. The number of nitrogens with one attached hydrogen (secondary N) is 1. The normalized spacial score (nSPS) is 14.8. The number of methoxy groups -OCH3 is 2. The monoisotopic (exact) mass is 408 g/mol. The van der Waals surface area contributed by atoms with Crippen LogP contribution in [-0.4, -0.2) is 38.1 Å². The van der Waals surface area contributed by atoms with Gasteiger partial charge in [-0.3, -0.25) is 9.69 Å². The molecule has 1 N–H and O–H groups in total. The van der Waals surface area contributed by atoms with Crippen LogP contribution < -0.4 is 14.8 Å². The minimum Gasteiger partial charge on any atom is -0.493 e. The van der Waals surface area contributed by atoms with Crippen LogP contribution in [0.1, 0.15) is 43.2 Å². The lowest BCUT2D eigenvalue weighted by atomic mass is 9.94. The molecule has 0 heterocycles. The highest BCUT2D eigenvalue weighted by molar-refractivity contribution is 6.02. The predicted molar refractivity (Wildman–Crippen MR) is 122 cm³/mol. The van der Waals surface area contributed by atoms with Crippen molar-refractivity contribution in [1.82, 2.24) is 4.90 Å². The summed E-state index contributed by atoms with van der Waals surface area (Å²) in [7, 11) is 5.38. The molecule has 5 heteroatoms. The molecule has 0 bridgehead atoms. The number of carbonyl (C=O) groups excluding carboxylic acids is 1. The average molecular weight is 409 g/mol. The van der Waals surface area contributed by atoms with Crippen LogP contribution in [0.15, 0.2) is 48.5 Å². The van der Waals surface area contributed by atoms with E-state index in [1.807, 2.05) is 36.4 Å². The van der Waals surface area contributed by atoms with Gasteiger partial charge in [-0.1, -0.05) is 43.5 Å². The highest BCUT2D eigenvalue weighted by Crippen LogP contribution is 2.28. The third kappa shape index (κ3) is 5.86. The number of hydrogen-bond donors (Lipinski definition) is 1. The summed E-state index contributed by atoms with van der Waals surface area (Å²) in [6.45, 7) is 0.834. The van der Waals surface area contributed by atoms with E-state index in [2.05, 4.69) is 23.3 Å². The van der Waals surface area contributed by atoms with Gasteiger partial charge in [-0.05, 0) is 55.3 Å². The first-order valence-corrected chi connectivity index (χ1v) is 10.6. The Morgan fingerprint density at radius 1 is 1.07 bits per heavy atom. The van der Waals surface area contributed by atoms with E-state index in [0.29, 0.717) is 17.5 Å². The van der Waals surface area contributed by atoms with Crippen molar-refractivity contribution in [1.29, 1.82) is 0 Å². The molecule has 0 aromatic heterocycles. The van der Waals surface area contributed by atoms with Crippen molar-refractivity contribution < 1.29 is 14.3 Å². The fourth-order valence-corrected chi connectivity index (χ4v) is 4.00. The van der Waals surface area contributed by atoms with Crippen LogP contribution in [-0.2, 0) is 11.3 Å². The number of carbonyl (C=O) groups is 1. The second-order valence-electron chi connectivity index (χ2n) is 7.80. The lowest BCUT2D eigenvalue weighted by Gasteiger charge is -2.31. The van der Waals surface area contributed by atoms with Crippen LogP contribution in [0.3, 0.4) is 0 Å². The molecule has 2 aromatic carbocycles. The van der Waals surface area contributed by atoms with Gasteiger partial charge in [0.2, 0.25) is 5.91 Å². The Bertz CT molecular complexity index is 872. The van der Waals surface area contributed by atoms with E-state index in [1.54, 1.807) is 26.4 Å². The number of rotatable bonds is 8. The Morgan fingerprint density at radius 3 is 2.53 bits per heavy atom. The van der Waals surface area contributed by atoms with Gasteiger partial charge in [-0.25, -0.2) is 0 Å². The highest BCUT2D eigenvalue weighted by atomic mass is 16.5. The van der Waals surface area contributed by atoms with Crippen LogP contribution in [0.2, 0.25) is 0 Å². The molecule has 3 rings (SSSR count). The number of benzene rings is 2. The molecular formula is C25H32N2O3. The third-order valence-electron chi connectivity index (χ3n) is 5.73. The molecule has 2 aromatic rings. The van der Waals surface area contributed by atoms with Crippen LogP contribution in [0.5, 0.6) is 11.5 Å². The predicted octanol–water partition coefficient (Wildman–Crippen LogP) is 5.12. The number of ether oxygens (including phenoxy) is 2. The van der Waals surface area contributed by atoms with E-state index in [1.165, 1.54) is 32.1 Å². The van der Waals surface area contributed by atoms with E-state index in [4.69, 9.17) is 9.47 Å². The Morgan fingerprint density at radius 2 is 1.80 bits per heavy atom. The second-order valence-corrected chi connectivity index (χ2v) is 7.80. The maximum Gasteiger partial charge on any atom is 0.248 e. The lowest BCUT2D eigenvalue weighted by Crippen LogP contribution is -2.33. The summed E-state index contributed by atoms with van der Waals surface area (Å²) >= 11 is 0. The molecule has 1 aliphatic rings. The maximum atomic E-state index is 12.5. The summed E-state index contributed by atoms with van der Waals surface area (Å²) in [4.78, 5) is 15.0. The van der Waals surface area contributed by atoms with Crippen LogP contribution in [0, 0.1) is 0 Å². The summed E-state index contributed by atoms with van der Waals surface area (Å²) < 4.78 is 10.6. The van der Waals surface area contributed by atoms with E-state index >= 15 is 0 Å². The van der Waals surface area contributed by atoms with Crippen molar-refractivity contribution in [3.05, 3.63) is 59.7 Å². The molecule has 1 aliphatic carbocycles. The maximum absolute atomic E-state index is 12.5. The average Bonchev–Trinajstić information content (AvgIpc) is 2.79. The summed E-state index contributed by atoms with van der Waals surface area (Å²) in [6.07, 6.45) is 9.82. The minimum atomic E-state index is -0.155. The largest absolute Gasteiger partial charge is 0.493 e. The smallest absolute Gasteiger partial charge is 0.248 e. The summed E-state index contributed by atoms with van der Waals surface area (Å²) in [5.74, 6) is 1.14. The third-order valence-corrected chi connectivity index (χ3v) is 5.73. The Labute approximate surface area is 179 Å². The lowest BCUT2D eigenvalue weighted by molar-refractivity contribution is -0.111. The van der Waals surface area contributed by atoms with Gasteiger partial charge in [0, 0.05) is 24.4 Å². The molecule has 30 heavy (non-hydrogen) atoms. The van der Waals surface area contributed by atoms with Gasteiger partial charge in [0.15, 0.2) is 11.5 Å². The first kappa shape index (κ1) is 21.9. The molecule has 1 amide bonds. The quantitative estimate of drug-likeness (QED) is 0.616. The van der Waals surface area contributed by atoms with Gasteiger partial charge in [0.1, 0.15) is 0 Å². The molecule has 0 aliphatic heterocycles. The Balaban J connectivity index is 1.64. The van der Waals surface area contributed by atoms with Crippen LogP contribution >= 0.6 is 0 Å². The van der Waals surface area contributed by atoms with Crippen LogP contribution in [0.25, 0.3) is 6.08 Å². The van der Waals surface area contributed by atoms with Gasteiger partial charge in [-0.2, -0.15) is 0 Å². The van der Waals surface area contributed by atoms with Gasteiger partial charge < -0.3 is 14.8 Å². The van der Waals surface area contributed by atoms with Crippen molar-refractivity contribution in [3.63, 3.8) is 0 Å². The zero-order valence-corrected chi connectivity index (χ0v) is 18.2. The van der Waals surface area contributed by atoms with Crippen molar-refractivity contribution in [2.75, 3.05) is 26.6 Å². The molecule has 0 unspecified atom stereocenters. The van der Waals surface area contributed by atoms with Gasteiger partial charge in [0.05, 0.1) is 14.2 Å². The molecule has 0 spiro atoms. The molecule has 160 valence electrons. The standard InChI is InChI=1S/C25H32N2O3/c1-27(21-10-5-4-6-11-21)18-20-9-7-8-12-22(20)26-25(28)16-14-19-13-15-23(29-2)24(17-19)30-3/h7-9,12-17,21H,4-6,10-11,18H2,1-3H3,(H,26,28)/b16-14+. The number of para-hydroxylation sites is 1. The van der Waals surface area contributed by atoms with Crippen molar-refractivity contribution in [2.24, 2.45) is 0 Å². The van der Waals surface area contributed by atoms with Crippen molar-refractivity contribution in [3.8, 4) is 11.5 Å². The van der Waals surface area contributed by atoms with Gasteiger partial charge >= 0.3 is 0 Å². The zero-order chi connectivity index (χ0) is 21.3. The van der Waals surface area contributed by atoms with E-state index in [0.717, 1.165) is 23.4 Å². The van der Waals surface area contributed by atoms with Crippen LogP contribution in [0.4, 0.5) is 5.69 Å². The van der Waals surface area contributed by atoms with E-state index in [-0.39, 0.29) is 5.91 Å². The minimum absolute atomic E-state index is 0.155. The summed E-state index contributed by atoms with van der Waals surface area (Å²) in [5, 5.41) is 3.03. The second kappa shape index (κ2) is 10.8. The summed E-state index contributed by atoms with van der Waals surface area (Å²) in [6, 6.07) is 14.2. The first-order chi connectivity index (χ1) is 14.6. The highest BCUT2D eigenvalue weighted by Gasteiger charge is 2.19. The number of anilines is 1. The van der Waals surface area contributed by atoms with Gasteiger partial charge in [-0.15, -0.1) is 0 Å². The van der Waals surface area contributed by atoms with E-state index < -0.39 is 0 Å². The molecule has 0 saturated heterocycles. The van der Waals surface area contributed by atoms with Gasteiger partial charge in [0.25, 0.3) is 0 Å². The van der Waals surface area contributed by atoms with Crippen molar-refractivity contribution >= 4 is 17.7 Å². The Kier molecular flexibility index (Phi) is 7.91. The first-order valence-electron chi connectivity index (χ1n) is 10.6. The number of nitrogens with zero attached hydrogens (tertiary/aromatic N) is 1. The Hall–Kier alpha value is -2.79. The molecular weight excluding hydrogens is 376 g/mol. The fourth-order valence-electron chi connectivity index (χ4n) is 4.00.